The Hall–Kier alpha value is -0.980. The van der Waals surface area contributed by atoms with Crippen LogP contribution in [-0.4, -0.2) is 6.10 Å². The van der Waals surface area contributed by atoms with Crippen molar-refractivity contribution in [3.63, 3.8) is 0 Å². The molecule has 2 rings (SSSR count). The van der Waals surface area contributed by atoms with E-state index in [1.807, 2.05) is 0 Å². The smallest absolute Gasteiger partial charge is 0.119 e. The van der Waals surface area contributed by atoms with Crippen molar-refractivity contribution in [1.29, 1.82) is 0 Å². The van der Waals surface area contributed by atoms with Crippen LogP contribution in [0.25, 0.3) is 0 Å². The summed E-state index contributed by atoms with van der Waals surface area (Å²) in [5.74, 6) is 1.94. The lowest BCUT2D eigenvalue weighted by Crippen LogP contribution is -2.25. The fourth-order valence-corrected chi connectivity index (χ4v) is 2.75. The molecule has 1 aromatic rings. The van der Waals surface area contributed by atoms with Crippen molar-refractivity contribution in [1.82, 2.24) is 0 Å². The zero-order valence-corrected chi connectivity index (χ0v) is 11.1. The molecule has 1 heteroatoms. The molecule has 0 saturated heterocycles. The van der Waals surface area contributed by atoms with Gasteiger partial charge in [-0.2, -0.15) is 0 Å². The highest BCUT2D eigenvalue weighted by Gasteiger charge is 2.21. The van der Waals surface area contributed by atoms with Crippen LogP contribution in [0.3, 0.4) is 0 Å². The van der Waals surface area contributed by atoms with Crippen molar-refractivity contribution < 1.29 is 4.74 Å². The molecule has 2 unspecified atom stereocenters. The molecular weight excluding hydrogens is 208 g/mol. The Kier molecular flexibility index (Phi) is 4.47. The van der Waals surface area contributed by atoms with E-state index < -0.39 is 0 Å². The minimum Gasteiger partial charge on any atom is -0.490 e. The van der Waals surface area contributed by atoms with Gasteiger partial charge < -0.3 is 4.74 Å². The highest BCUT2D eigenvalue weighted by Crippen LogP contribution is 2.29. The average molecular weight is 232 g/mol. The number of aryl methyl sites for hydroxylation is 1. The summed E-state index contributed by atoms with van der Waals surface area (Å²) in [5, 5.41) is 0. The van der Waals surface area contributed by atoms with Crippen molar-refractivity contribution in [2.75, 3.05) is 0 Å². The topological polar surface area (TPSA) is 9.23 Å². The summed E-state index contributed by atoms with van der Waals surface area (Å²) in [4.78, 5) is 0. The number of rotatable bonds is 4. The van der Waals surface area contributed by atoms with Gasteiger partial charge in [-0.15, -0.1) is 0 Å². The molecule has 0 amide bonds. The van der Waals surface area contributed by atoms with Crippen LogP contribution in [0.1, 0.15) is 51.5 Å². The van der Waals surface area contributed by atoms with E-state index in [9.17, 15) is 0 Å². The molecule has 0 spiro atoms. The van der Waals surface area contributed by atoms with E-state index in [-0.39, 0.29) is 0 Å². The summed E-state index contributed by atoms with van der Waals surface area (Å²) in [6, 6.07) is 8.56. The van der Waals surface area contributed by atoms with Crippen LogP contribution in [0.4, 0.5) is 0 Å². The van der Waals surface area contributed by atoms with Gasteiger partial charge in [0.15, 0.2) is 0 Å². The van der Waals surface area contributed by atoms with Gasteiger partial charge in [-0.3, -0.25) is 0 Å². The Morgan fingerprint density at radius 1 is 1.24 bits per heavy atom. The highest BCUT2D eigenvalue weighted by molar-refractivity contribution is 5.28. The third-order valence-corrected chi connectivity index (χ3v) is 3.92. The second-order valence-electron chi connectivity index (χ2n) is 5.18. The van der Waals surface area contributed by atoms with Crippen molar-refractivity contribution >= 4 is 0 Å². The van der Waals surface area contributed by atoms with E-state index in [4.69, 9.17) is 4.74 Å². The quantitative estimate of drug-likeness (QED) is 0.737. The van der Waals surface area contributed by atoms with Crippen molar-refractivity contribution in [2.24, 2.45) is 5.92 Å². The van der Waals surface area contributed by atoms with Gasteiger partial charge in [-0.25, -0.2) is 0 Å². The molecular formula is C16H24O. The van der Waals surface area contributed by atoms with E-state index in [1.165, 1.54) is 37.7 Å². The number of hydrogen-bond donors (Lipinski definition) is 0. The molecule has 0 aliphatic heterocycles. The molecule has 0 bridgehead atoms. The molecule has 2 atom stereocenters. The second kappa shape index (κ2) is 6.09. The summed E-state index contributed by atoms with van der Waals surface area (Å²) in [6.45, 7) is 4.48. The molecule has 0 N–H and O–H groups in total. The minimum atomic E-state index is 0.445. The zero-order chi connectivity index (χ0) is 12.1. The van der Waals surface area contributed by atoms with Gasteiger partial charge in [0.25, 0.3) is 0 Å². The predicted molar refractivity (Wildman–Crippen MR) is 72.5 cm³/mol. The lowest BCUT2D eigenvalue weighted by molar-refractivity contribution is 0.122. The normalized spacial score (nSPS) is 24.6. The largest absolute Gasteiger partial charge is 0.490 e. The Morgan fingerprint density at radius 2 is 2.12 bits per heavy atom. The van der Waals surface area contributed by atoms with Crippen LogP contribution in [-0.2, 0) is 6.42 Å². The number of ether oxygens (including phenoxy) is 1. The molecule has 0 radical (unpaired) electrons. The predicted octanol–water partition coefficient (Wildman–Crippen LogP) is 4.60. The number of hydrogen-bond acceptors (Lipinski definition) is 1. The molecule has 0 aromatic heterocycles. The molecule has 1 aromatic carbocycles. The second-order valence-corrected chi connectivity index (χ2v) is 5.18. The maximum Gasteiger partial charge on any atom is 0.119 e. The fraction of sp³-hybridized carbons (Fsp3) is 0.625. The Bertz CT molecular complexity index is 345. The lowest BCUT2D eigenvalue weighted by atomic mass is 9.85. The molecule has 94 valence electrons. The lowest BCUT2D eigenvalue weighted by Gasteiger charge is -2.29. The maximum absolute atomic E-state index is 6.13. The van der Waals surface area contributed by atoms with E-state index in [2.05, 4.69) is 38.1 Å². The van der Waals surface area contributed by atoms with Crippen molar-refractivity contribution in [2.45, 2.75) is 58.5 Å². The van der Waals surface area contributed by atoms with Crippen molar-refractivity contribution in [3.05, 3.63) is 29.8 Å². The zero-order valence-electron chi connectivity index (χ0n) is 11.1. The van der Waals surface area contributed by atoms with E-state index in [0.29, 0.717) is 6.10 Å². The Morgan fingerprint density at radius 3 is 2.88 bits per heavy atom. The van der Waals surface area contributed by atoms with Gasteiger partial charge in [0, 0.05) is 0 Å². The number of benzene rings is 1. The first-order valence-electron chi connectivity index (χ1n) is 7.07. The van der Waals surface area contributed by atoms with Crippen molar-refractivity contribution in [3.8, 4) is 5.75 Å². The summed E-state index contributed by atoms with van der Waals surface area (Å²) in [7, 11) is 0. The maximum atomic E-state index is 6.13. The standard InChI is InChI=1S/C16H24O/c1-3-13-7-5-9-15(11-13)17-16-10-6-8-14(4-2)12-16/h5,7,9,11,14,16H,3-4,6,8,10,12H2,1-2H3. The molecule has 1 aliphatic rings. The van der Waals surface area contributed by atoms with Gasteiger partial charge in [0.1, 0.15) is 5.75 Å². The first-order valence-corrected chi connectivity index (χ1v) is 7.07. The molecule has 1 saturated carbocycles. The van der Waals surface area contributed by atoms with E-state index >= 15 is 0 Å². The van der Waals surface area contributed by atoms with Gasteiger partial charge in [0.05, 0.1) is 6.10 Å². The van der Waals surface area contributed by atoms with Crippen LogP contribution in [0, 0.1) is 5.92 Å². The van der Waals surface area contributed by atoms with Gasteiger partial charge in [0.2, 0.25) is 0 Å². The van der Waals surface area contributed by atoms with Gasteiger partial charge in [-0.1, -0.05) is 38.8 Å². The summed E-state index contributed by atoms with van der Waals surface area (Å²) >= 11 is 0. The average Bonchev–Trinajstić information content (AvgIpc) is 2.39. The van der Waals surface area contributed by atoms with E-state index in [1.54, 1.807) is 0 Å². The third-order valence-electron chi connectivity index (χ3n) is 3.92. The minimum absolute atomic E-state index is 0.445. The van der Waals surface area contributed by atoms with E-state index in [0.717, 1.165) is 18.1 Å². The third kappa shape index (κ3) is 3.49. The molecule has 0 heterocycles. The highest BCUT2D eigenvalue weighted by atomic mass is 16.5. The van der Waals surface area contributed by atoms with Crippen LogP contribution in [0.5, 0.6) is 5.75 Å². The molecule has 1 nitrogen and oxygen atoms in total. The van der Waals surface area contributed by atoms with Crippen LogP contribution < -0.4 is 4.74 Å². The molecule has 1 fully saturated rings. The fourth-order valence-electron chi connectivity index (χ4n) is 2.75. The summed E-state index contributed by atoms with van der Waals surface area (Å²) in [5.41, 5.74) is 1.37. The summed E-state index contributed by atoms with van der Waals surface area (Å²) in [6.07, 6.45) is 8.02. The van der Waals surface area contributed by atoms with Gasteiger partial charge in [-0.05, 0) is 49.3 Å². The van der Waals surface area contributed by atoms with Crippen LogP contribution >= 0.6 is 0 Å². The monoisotopic (exact) mass is 232 g/mol. The Labute approximate surface area is 105 Å². The van der Waals surface area contributed by atoms with Gasteiger partial charge >= 0.3 is 0 Å². The molecule has 17 heavy (non-hydrogen) atoms. The first-order chi connectivity index (χ1) is 8.31. The summed E-state index contributed by atoms with van der Waals surface area (Å²) < 4.78 is 6.13. The SMILES string of the molecule is CCc1cccc(OC2CCCC(CC)C2)c1. The van der Waals surface area contributed by atoms with Crippen LogP contribution in [0.15, 0.2) is 24.3 Å². The molecule has 1 aliphatic carbocycles. The Balaban J connectivity index is 1.95. The first kappa shape index (κ1) is 12.5. The van der Waals surface area contributed by atoms with Crippen LogP contribution in [0.2, 0.25) is 0 Å².